The smallest absolute Gasteiger partial charge is 0.0113 e. The molecular weight excluding hydrogens is 216 g/mol. The zero-order valence-corrected chi connectivity index (χ0v) is 12.6. The summed E-state index contributed by atoms with van der Waals surface area (Å²) < 4.78 is 0. The lowest BCUT2D eigenvalue weighted by molar-refractivity contribution is 0.227. The first-order chi connectivity index (χ1) is 8.36. The van der Waals surface area contributed by atoms with Crippen molar-refractivity contribution in [3.8, 4) is 0 Å². The quantitative estimate of drug-likeness (QED) is 0.531. The topological polar surface area (TPSA) is 0 Å². The molecule has 0 heterocycles. The minimum Gasteiger partial charge on any atom is -0.0808 e. The maximum Gasteiger partial charge on any atom is 0.0113 e. The highest BCUT2D eigenvalue weighted by Gasteiger charge is 2.49. The third-order valence-corrected chi connectivity index (χ3v) is 5.59. The van der Waals surface area contributed by atoms with Crippen LogP contribution in [-0.4, -0.2) is 0 Å². The van der Waals surface area contributed by atoms with Gasteiger partial charge in [0.15, 0.2) is 0 Å². The lowest BCUT2D eigenvalue weighted by Gasteiger charge is -2.46. The van der Waals surface area contributed by atoms with E-state index in [1.54, 1.807) is 22.3 Å². The zero-order chi connectivity index (χ0) is 13.1. The molecule has 0 spiro atoms. The van der Waals surface area contributed by atoms with Crippen LogP contribution in [-0.2, 0) is 0 Å². The van der Waals surface area contributed by atoms with Gasteiger partial charge in [-0.25, -0.2) is 0 Å². The molecule has 1 unspecified atom stereocenters. The van der Waals surface area contributed by atoms with E-state index in [1.807, 2.05) is 0 Å². The van der Waals surface area contributed by atoms with Gasteiger partial charge in [-0.05, 0) is 48.7 Å². The van der Waals surface area contributed by atoms with Crippen LogP contribution in [0.15, 0.2) is 34.4 Å². The molecule has 0 bridgehead atoms. The van der Waals surface area contributed by atoms with Gasteiger partial charge >= 0.3 is 0 Å². The van der Waals surface area contributed by atoms with Crippen molar-refractivity contribution in [1.29, 1.82) is 0 Å². The SMILES string of the molecule is CC1=C2C(C)(C)CCC[C@]2(C)C2=C1C=CC(C)C2. The zero-order valence-electron chi connectivity index (χ0n) is 12.6. The van der Waals surface area contributed by atoms with Crippen molar-refractivity contribution in [2.45, 2.75) is 60.3 Å². The van der Waals surface area contributed by atoms with Crippen molar-refractivity contribution >= 4 is 0 Å². The molecule has 0 aliphatic heterocycles. The predicted octanol–water partition coefficient (Wildman–Crippen LogP) is 5.43. The highest BCUT2D eigenvalue weighted by Crippen LogP contribution is 2.62. The Balaban J connectivity index is 2.17. The molecule has 3 rings (SSSR count). The van der Waals surface area contributed by atoms with E-state index < -0.39 is 0 Å². The summed E-state index contributed by atoms with van der Waals surface area (Å²) in [6.45, 7) is 12.1. The number of fused-ring (bicyclic) bond motifs is 2. The van der Waals surface area contributed by atoms with E-state index in [0.29, 0.717) is 10.8 Å². The maximum absolute atomic E-state index is 2.51. The number of hydrogen-bond acceptors (Lipinski definition) is 0. The molecule has 3 aliphatic rings. The summed E-state index contributed by atoms with van der Waals surface area (Å²) in [5, 5.41) is 0. The van der Waals surface area contributed by atoms with Crippen LogP contribution in [0.4, 0.5) is 0 Å². The van der Waals surface area contributed by atoms with Crippen molar-refractivity contribution in [2.75, 3.05) is 0 Å². The molecule has 98 valence electrons. The summed E-state index contributed by atoms with van der Waals surface area (Å²) in [7, 11) is 0. The van der Waals surface area contributed by atoms with Gasteiger partial charge in [0.25, 0.3) is 0 Å². The molecule has 2 atom stereocenters. The average Bonchev–Trinajstić information content (AvgIpc) is 2.48. The molecule has 18 heavy (non-hydrogen) atoms. The van der Waals surface area contributed by atoms with E-state index in [0.717, 1.165) is 5.92 Å². The van der Waals surface area contributed by atoms with E-state index in [-0.39, 0.29) is 0 Å². The Labute approximate surface area is 112 Å². The summed E-state index contributed by atoms with van der Waals surface area (Å²) >= 11 is 0. The van der Waals surface area contributed by atoms with E-state index >= 15 is 0 Å². The van der Waals surface area contributed by atoms with Gasteiger partial charge in [-0.1, -0.05) is 57.4 Å². The van der Waals surface area contributed by atoms with Gasteiger partial charge in [0.1, 0.15) is 0 Å². The fourth-order valence-electron chi connectivity index (χ4n) is 4.97. The molecular formula is C18H26. The Morgan fingerprint density at radius 2 is 1.89 bits per heavy atom. The van der Waals surface area contributed by atoms with Gasteiger partial charge in [-0.2, -0.15) is 0 Å². The summed E-state index contributed by atoms with van der Waals surface area (Å²) in [6, 6.07) is 0. The van der Waals surface area contributed by atoms with Crippen molar-refractivity contribution in [1.82, 2.24) is 0 Å². The first-order valence-electron chi connectivity index (χ1n) is 7.50. The monoisotopic (exact) mass is 242 g/mol. The second-order valence-corrected chi connectivity index (χ2v) is 7.50. The predicted molar refractivity (Wildman–Crippen MR) is 78.4 cm³/mol. The first-order valence-corrected chi connectivity index (χ1v) is 7.50. The van der Waals surface area contributed by atoms with E-state index in [2.05, 4.69) is 46.8 Å². The second-order valence-electron chi connectivity index (χ2n) is 7.50. The van der Waals surface area contributed by atoms with Gasteiger partial charge in [0.05, 0.1) is 0 Å². The highest BCUT2D eigenvalue weighted by molar-refractivity contribution is 5.60. The van der Waals surface area contributed by atoms with E-state index in [1.165, 1.54) is 25.7 Å². The van der Waals surface area contributed by atoms with Crippen molar-refractivity contribution in [3.05, 3.63) is 34.4 Å². The minimum absolute atomic E-state index is 0.375. The molecule has 0 radical (unpaired) electrons. The number of allylic oxidation sites excluding steroid dienone is 6. The van der Waals surface area contributed by atoms with E-state index in [4.69, 9.17) is 0 Å². The Kier molecular flexibility index (Phi) is 2.47. The maximum atomic E-state index is 2.51. The molecule has 3 aliphatic carbocycles. The number of hydrogen-bond donors (Lipinski definition) is 0. The summed E-state index contributed by atoms with van der Waals surface area (Å²) in [6.07, 6.45) is 10.2. The van der Waals surface area contributed by atoms with Gasteiger partial charge in [-0.15, -0.1) is 0 Å². The normalized spacial score (nSPS) is 37.9. The van der Waals surface area contributed by atoms with Crippen molar-refractivity contribution < 1.29 is 0 Å². The first kappa shape index (κ1) is 12.3. The van der Waals surface area contributed by atoms with Crippen LogP contribution in [0, 0.1) is 16.7 Å². The van der Waals surface area contributed by atoms with Gasteiger partial charge in [0, 0.05) is 5.41 Å². The summed E-state index contributed by atoms with van der Waals surface area (Å²) in [5.41, 5.74) is 7.45. The Hall–Kier alpha value is -0.780. The molecule has 0 heteroatoms. The fourth-order valence-corrected chi connectivity index (χ4v) is 4.97. The van der Waals surface area contributed by atoms with Crippen molar-refractivity contribution in [3.63, 3.8) is 0 Å². The molecule has 0 amide bonds. The lowest BCUT2D eigenvalue weighted by Crippen LogP contribution is -2.34. The molecule has 1 saturated carbocycles. The van der Waals surface area contributed by atoms with Gasteiger partial charge in [-0.3, -0.25) is 0 Å². The third kappa shape index (κ3) is 1.44. The largest absolute Gasteiger partial charge is 0.0808 e. The minimum atomic E-state index is 0.375. The van der Waals surface area contributed by atoms with Crippen LogP contribution < -0.4 is 0 Å². The summed E-state index contributed by atoms with van der Waals surface area (Å²) in [4.78, 5) is 0. The molecule has 0 N–H and O–H groups in total. The van der Waals surface area contributed by atoms with Crippen LogP contribution in [0.3, 0.4) is 0 Å². The highest BCUT2D eigenvalue weighted by atomic mass is 14.5. The molecule has 0 aromatic carbocycles. The Bertz CT molecular complexity index is 484. The van der Waals surface area contributed by atoms with Crippen LogP contribution >= 0.6 is 0 Å². The molecule has 1 fully saturated rings. The molecule has 0 nitrogen and oxygen atoms in total. The third-order valence-electron chi connectivity index (χ3n) is 5.59. The van der Waals surface area contributed by atoms with Crippen molar-refractivity contribution in [2.24, 2.45) is 16.7 Å². The fraction of sp³-hybridized carbons (Fsp3) is 0.667. The molecule has 0 aromatic rings. The lowest BCUT2D eigenvalue weighted by atomic mass is 9.58. The van der Waals surface area contributed by atoms with Gasteiger partial charge < -0.3 is 0 Å². The Morgan fingerprint density at radius 1 is 1.17 bits per heavy atom. The van der Waals surface area contributed by atoms with Crippen LogP contribution in [0.2, 0.25) is 0 Å². The molecule has 0 saturated heterocycles. The van der Waals surface area contributed by atoms with Crippen LogP contribution in [0.25, 0.3) is 0 Å². The van der Waals surface area contributed by atoms with Crippen LogP contribution in [0.5, 0.6) is 0 Å². The molecule has 0 aromatic heterocycles. The second kappa shape index (κ2) is 3.62. The Morgan fingerprint density at radius 3 is 2.61 bits per heavy atom. The standard InChI is InChI=1S/C18H26/c1-12-7-8-14-13(2)16-17(3,4)9-6-10-18(16,5)15(14)11-12/h7-8,12H,6,9-11H2,1-5H3/t12?,18-/m1/s1. The number of rotatable bonds is 0. The van der Waals surface area contributed by atoms with Crippen LogP contribution in [0.1, 0.15) is 60.3 Å². The average molecular weight is 242 g/mol. The van der Waals surface area contributed by atoms with E-state index in [9.17, 15) is 0 Å². The van der Waals surface area contributed by atoms with Gasteiger partial charge in [0.2, 0.25) is 0 Å². The summed E-state index contributed by atoms with van der Waals surface area (Å²) in [5.74, 6) is 0.720.